The Labute approximate surface area is 309 Å². The molecule has 0 atom stereocenters. The Bertz CT molecular complexity index is 3200. The second-order valence-corrected chi connectivity index (χ2v) is 13.6. The van der Waals surface area contributed by atoms with E-state index in [1.54, 1.807) is 0 Å². The lowest BCUT2D eigenvalue weighted by atomic mass is 9.96. The van der Waals surface area contributed by atoms with Gasteiger partial charge in [-0.05, 0) is 69.4 Å². The van der Waals surface area contributed by atoms with Crippen molar-refractivity contribution in [1.29, 1.82) is 0 Å². The van der Waals surface area contributed by atoms with E-state index in [4.69, 9.17) is 23.8 Å². The van der Waals surface area contributed by atoms with Crippen molar-refractivity contribution in [3.63, 3.8) is 0 Å². The number of hydrogen-bond donors (Lipinski definition) is 0. The van der Waals surface area contributed by atoms with Crippen LogP contribution in [0.5, 0.6) is 0 Å². The summed E-state index contributed by atoms with van der Waals surface area (Å²) in [5.41, 5.74) is 10.4. The molecule has 11 rings (SSSR count). The van der Waals surface area contributed by atoms with Gasteiger partial charge in [0, 0.05) is 38.2 Å². The molecule has 5 nitrogen and oxygen atoms in total. The van der Waals surface area contributed by atoms with Crippen molar-refractivity contribution in [2.45, 2.75) is 0 Å². The summed E-state index contributed by atoms with van der Waals surface area (Å²) in [5, 5.41) is 6.49. The Morgan fingerprint density at radius 2 is 0.796 bits per heavy atom. The fourth-order valence-corrected chi connectivity index (χ4v) is 7.71. The molecular formula is C49H29N3O2. The second kappa shape index (κ2) is 12.1. The summed E-state index contributed by atoms with van der Waals surface area (Å²) in [7, 11) is 0. The van der Waals surface area contributed by atoms with E-state index in [-0.39, 0.29) is 0 Å². The van der Waals surface area contributed by atoms with Gasteiger partial charge in [-0.1, -0.05) is 140 Å². The molecule has 0 aliphatic heterocycles. The van der Waals surface area contributed by atoms with Crippen molar-refractivity contribution in [3.05, 3.63) is 176 Å². The molecule has 8 aromatic carbocycles. The number of furan rings is 2. The summed E-state index contributed by atoms with van der Waals surface area (Å²) in [6.45, 7) is 0. The highest BCUT2D eigenvalue weighted by molar-refractivity contribution is 6.18. The highest BCUT2D eigenvalue weighted by Crippen LogP contribution is 2.43. The number of aromatic nitrogens is 3. The molecule has 252 valence electrons. The monoisotopic (exact) mass is 691 g/mol. The highest BCUT2D eigenvalue weighted by atomic mass is 16.3. The molecule has 0 N–H and O–H groups in total. The van der Waals surface area contributed by atoms with Crippen LogP contribution in [0.15, 0.2) is 185 Å². The quantitative estimate of drug-likeness (QED) is 0.180. The van der Waals surface area contributed by atoms with Crippen LogP contribution < -0.4 is 0 Å². The largest absolute Gasteiger partial charge is 0.456 e. The molecule has 0 saturated heterocycles. The second-order valence-electron chi connectivity index (χ2n) is 13.6. The summed E-state index contributed by atoms with van der Waals surface area (Å²) >= 11 is 0. The zero-order valence-corrected chi connectivity index (χ0v) is 28.9. The maximum atomic E-state index is 6.56. The predicted molar refractivity (Wildman–Crippen MR) is 219 cm³/mol. The maximum absolute atomic E-state index is 6.56. The average molecular weight is 692 g/mol. The third kappa shape index (κ3) is 4.98. The summed E-state index contributed by atoms with van der Waals surface area (Å²) in [5.74, 6) is 1.79. The molecule has 0 amide bonds. The fourth-order valence-electron chi connectivity index (χ4n) is 7.71. The minimum absolute atomic E-state index is 0.581. The van der Waals surface area contributed by atoms with Crippen LogP contribution in [0.2, 0.25) is 0 Å². The van der Waals surface area contributed by atoms with E-state index in [0.29, 0.717) is 17.5 Å². The smallest absolute Gasteiger partial charge is 0.164 e. The third-order valence-electron chi connectivity index (χ3n) is 10.3. The first-order chi connectivity index (χ1) is 26.7. The number of hydrogen-bond acceptors (Lipinski definition) is 5. The van der Waals surface area contributed by atoms with Gasteiger partial charge in [-0.3, -0.25) is 0 Å². The highest BCUT2D eigenvalue weighted by Gasteiger charge is 2.21. The first kappa shape index (κ1) is 30.3. The van der Waals surface area contributed by atoms with Crippen LogP contribution in [0.1, 0.15) is 0 Å². The first-order valence-electron chi connectivity index (χ1n) is 18.0. The Morgan fingerprint density at radius 3 is 1.52 bits per heavy atom. The molecule has 11 aromatic rings. The lowest BCUT2D eigenvalue weighted by Crippen LogP contribution is -2.00. The molecule has 3 heterocycles. The van der Waals surface area contributed by atoms with E-state index in [0.717, 1.165) is 88.2 Å². The van der Waals surface area contributed by atoms with E-state index in [2.05, 4.69) is 121 Å². The molecule has 0 bridgehead atoms. The number of nitrogens with zero attached hydrogens (tertiary/aromatic N) is 3. The SMILES string of the molecule is c1ccc(-c2ccc(-c3nc(-c4ccccc4)nc(-c4cccc5oc6cccc(-c7ccc8oc9cc%10ccccc%10cc9c8c7)c6c45)n3)cc2)cc1. The van der Waals surface area contributed by atoms with Crippen LogP contribution in [-0.4, -0.2) is 15.0 Å². The van der Waals surface area contributed by atoms with Crippen LogP contribution in [0, 0.1) is 0 Å². The Kier molecular flexibility index (Phi) is 6.79. The molecular weight excluding hydrogens is 663 g/mol. The Hall–Kier alpha value is -7.37. The Balaban J connectivity index is 1.11. The lowest BCUT2D eigenvalue weighted by Gasteiger charge is -2.10. The van der Waals surface area contributed by atoms with E-state index in [1.165, 1.54) is 5.39 Å². The van der Waals surface area contributed by atoms with Crippen LogP contribution in [0.25, 0.3) is 111 Å². The van der Waals surface area contributed by atoms with E-state index in [1.807, 2.05) is 54.6 Å². The van der Waals surface area contributed by atoms with Crippen LogP contribution >= 0.6 is 0 Å². The van der Waals surface area contributed by atoms with Crippen molar-refractivity contribution >= 4 is 54.6 Å². The molecule has 5 heteroatoms. The number of rotatable bonds is 5. The van der Waals surface area contributed by atoms with Gasteiger partial charge in [-0.2, -0.15) is 0 Å². The minimum Gasteiger partial charge on any atom is -0.456 e. The van der Waals surface area contributed by atoms with Gasteiger partial charge in [-0.15, -0.1) is 0 Å². The van der Waals surface area contributed by atoms with Gasteiger partial charge >= 0.3 is 0 Å². The predicted octanol–water partition coefficient (Wildman–Crippen LogP) is 13.2. The molecule has 54 heavy (non-hydrogen) atoms. The average Bonchev–Trinajstić information content (AvgIpc) is 3.81. The molecule has 3 aromatic heterocycles. The Morgan fingerprint density at radius 1 is 0.296 bits per heavy atom. The molecule has 0 aliphatic rings. The van der Waals surface area contributed by atoms with Crippen molar-refractivity contribution < 1.29 is 8.83 Å². The molecule has 0 fully saturated rings. The van der Waals surface area contributed by atoms with Gasteiger partial charge in [0.05, 0.1) is 0 Å². The topological polar surface area (TPSA) is 65.0 Å². The minimum atomic E-state index is 0.581. The summed E-state index contributed by atoms with van der Waals surface area (Å²) < 4.78 is 12.9. The standard InChI is InChI=1S/C49H29N3O2/c1-3-11-30(12-4-1)31-21-23-33(24-22-31)48-50-47(32-13-5-2-6-14-32)51-49(52-48)38-18-10-20-43-46(38)45-37(17-9-19-42(45)54-43)36-25-26-41-39(28-36)40-27-34-15-7-8-16-35(34)29-44(40)53-41/h1-29H. The van der Waals surface area contributed by atoms with Crippen molar-refractivity contribution in [2.24, 2.45) is 0 Å². The molecule has 0 spiro atoms. The lowest BCUT2D eigenvalue weighted by molar-refractivity contribution is 0.669. The van der Waals surface area contributed by atoms with Crippen LogP contribution in [0.4, 0.5) is 0 Å². The maximum Gasteiger partial charge on any atom is 0.164 e. The van der Waals surface area contributed by atoms with Gasteiger partial charge in [0.15, 0.2) is 17.5 Å². The van der Waals surface area contributed by atoms with Gasteiger partial charge in [0.25, 0.3) is 0 Å². The normalized spacial score (nSPS) is 11.7. The zero-order chi connectivity index (χ0) is 35.6. The molecule has 0 unspecified atom stereocenters. The summed E-state index contributed by atoms with van der Waals surface area (Å²) in [6, 6.07) is 60.4. The molecule has 0 saturated carbocycles. The third-order valence-corrected chi connectivity index (χ3v) is 10.3. The van der Waals surface area contributed by atoms with Gasteiger partial charge < -0.3 is 8.83 Å². The molecule has 0 aliphatic carbocycles. The fraction of sp³-hybridized carbons (Fsp3) is 0. The van der Waals surface area contributed by atoms with Gasteiger partial charge in [0.1, 0.15) is 22.3 Å². The van der Waals surface area contributed by atoms with Gasteiger partial charge in [-0.25, -0.2) is 15.0 Å². The van der Waals surface area contributed by atoms with Crippen molar-refractivity contribution in [1.82, 2.24) is 15.0 Å². The summed E-state index contributed by atoms with van der Waals surface area (Å²) in [4.78, 5) is 15.3. The van der Waals surface area contributed by atoms with Crippen molar-refractivity contribution in [2.75, 3.05) is 0 Å². The van der Waals surface area contributed by atoms with Gasteiger partial charge in [0.2, 0.25) is 0 Å². The summed E-state index contributed by atoms with van der Waals surface area (Å²) in [6.07, 6.45) is 0. The zero-order valence-electron chi connectivity index (χ0n) is 28.9. The van der Waals surface area contributed by atoms with E-state index >= 15 is 0 Å². The van der Waals surface area contributed by atoms with Crippen LogP contribution in [-0.2, 0) is 0 Å². The number of fused-ring (bicyclic) bond motifs is 7. The van der Waals surface area contributed by atoms with E-state index in [9.17, 15) is 0 Å². The first-order valence-corrected chi connectivity index (χ1v) is 18.0. The molecule has 0 radical (unpaired) electrons. The van der Waals surface area contributed by atoms with Crippen molar-refractivity contribution in [3.8, 4) is 56.4 Å². The number of benzene rings is 8. The van der Waals surface area contributed by atoms with E-state index < -0.39 is 0 Å². The van der Waals surface area contributed by atoms with Crippen LogP contribution in [0.3, 0.4) is 0 Å².